The van der Waals surface area contributed by atoms with E-state index in [-0.39, 0.29) is 18.2 Å². The van der Waals surface area contributed by atoms with Gasteiger partial charge in [0.05, 0.1) is 11.3 Å². The van der Waals surface area contributed by atoms with E-state index in [9.17, 15) is 9.59 Å². The van der Waals surface area contributed by atoms with E-state index in [4.69, 9.17) is 16.7 Å². The number of hydrogen-bond acceptors (Lipinski definition) is 3. The van der Waals surface area contributed by atoms with Crippen molar-refractivity contribution in [1.82, 2.24) is 15.1 Å². The van der Waals surface area contributed by atoms with Crippen LogP contribution in [0.25, 0.3) is 0 Å². The first-order valence-corrected chi connectivity index (χ1v) is 7.44. The topological polar surface area (TPSA) is 84.2 Å². The molecule has 0 fully saturated rings. The fraction of sp³-hybridized carbons (Fsp3) is 0.643. The predicted molar refractivity (Wildman–Crippen MR) is 80.7 cm³/mol. The van der Waals surface area contributed by atoms with Crippen molar-refractivity contribution in [2.24, 2.45) is 7.05 Å². The van der Waals surface area contributed by atoms with Crippen LogP contribution in [0.3, 0.4) is 0 Å². The maximum atomic E-state index is 12.2. The number of carbonyl (C=O) groups excluding carboxylic acids is 1. The van der Waals surface area contributed by atoms with E-state index >= 15 is 0 Å². The third-order valence-electron chi connectivity index (χ3n) is 3.13. The van der Waals surface area contributed by atoms with E-state index in [1.807, 2.05) is 13.8 Å². The Labute approximate surface area is 129 Å². The van der Waals surface area contributed by atoms with Crippen LogP contribution >= 0.6 is 11.6 Å². The van der Waals surface area contributed by atoms with Gasteiger partial charge in [-0.3, -0.25) is 14.3 Å². The molecule has 2 N–H and O–H groups in total. The lowest BCUT2D eigenvalue weighted by atomic mass is 10.1. The van der Waals surface area contributed by atoms with Gasteiger partial charge in [0.25, 0.3) is 5.91 Å². The van der Waals surface area contributed by atoms with Gasteiger partial charge in [0.2, 0.25) is 0 Å². The number of amides is 1. The number of unbranched alkanes of at least 4 members (excludes halogenated alkanes) is 2. The molecule has 0 aliphatic carbocycles. The zero-order valence-corrected chi connectivity index (χ0v) is 13.4. The van der Waals surface area contributed by atoms with Crippen molar-refractivity contribution in [3.8, 4) is 0 Å². The van der Waals surface area contributed by atoms with Crippen LogP contribution in [0, 0.1) is 0 Å². The molecule has 21 heavy (non-hydrogen) atoms. The molecule has 1 amide bonds. The number of carbonyl (C=O) groups is 2. The van der Waals surface area contributed by atoms with Crippen LogP contribution in [-0.4, -0.2) is 33.3 Å². The van der Waals surface area contributed by atoms with Gasteiger partial charge in [-0.2, -0.15) is 5.10 Å². The molecule has 1 aromatic heterocycles. The molecule has 7 heteroatoms. The lowest BCUT2D eigenvalue weighted by Crippen LogP contribution is -2.25. The smallest absolute Gasteiger partial charge is 0.303 e. The van der Waals surface area contributed by atoms with Gasteiger partial charge in [0, 0.05) is 20.0 Å². The van der Waals surface area contributed by atoms with Gasteiger partial charge in [-0.15, -0.1) is 0 Å². The number of nitrogens with one attached hydrogen (secondary N) is 1. The molecule has 0 spiro atoms. The van der Waals surface area contributed by atoms with Crippen LogP contribution in [0.5, 0.6) is 0 Å². The van der Waals surface area contributed by atoms with Crippen molar-refractivity contribution < 1.29 is 14.7 Å². The molecule has 0 unspecified atom stereocenters. The first-order chi connectivity index (χ1) is 9.84. The summed E-state index contributed by atoms with van der Waals surface area (Å²) in [7, 11) is 1.71. The van der Waals surface area contributed by atoms with Crippen LogP contribution in [0.2, 0.25) is 5.15 Å². The molecule has 0 atom stereocenters. The Morgan fingerprint density at radius 3 is 2.57 bits per heavy atom. The summed E-state index contributed by atoms with van der Waals surface area (Å²) in [6.45, 7) is 4.42. The molecule has 0 saturated carbocycles. The quantitative estimate of drug-likeness (QED) is 0.722. The summed E-state index contributed by atoms with van der Waals surface area (Å²) in [5, 5.41) is 15.9. The highest BCUT2D eigenvalue weighted by atomic mass is 35.5. The van der Waals surface area contributed by atoms with Crippen LogP contribution in [0.15, 0.2) is 0 Å². The van der Waals surface area contributed by atoms with Crippen LogP contribution in [0.4, 0.5) is 0 Å². The van der Waals surface area contributed by atoms with E-state index < -0.39 is 5.97 Å². The van der Waals surface area contributed by atoms with E-state index in [0.717, 1.165) is 12.8 Å². The predicted octanol–water partition coefficient (Wildman–Crippen LogP) is 2.57. The third-order valence-corrected chi connectivity index (χ3v) is 3.56. The monoisotopic (exact) mass is 315 g/mol. The highest BCUT2D eigenvalue weighted by Crippen LogP contribution is 2.25. The Balaban J connectivity index is 2.51. The third kappa shape index (κ3) is 5.04. The lowest BCUT2D eigenvalue weighted by molar-refractivity contribution is -0.137. The molecule has 0 radical (unpaired) electrons. The van der Waals surface area contributed by atoms with Crippen LogP contribution in [-0.2, 0) is 11.8 Å². The fourth-order valence-electron chi connectivity index (χ4n) is 2.01. The Morgan fingerprint density at radius 1 is 1.33 bits per heavy atom. The second-order valence-corrected chi connectivity index (χ2v) is 5.65. The molecule has 6 nitrogen and oxygen atoms in total. The number of nitrogens with zero attached hydrogens (tertiary/aromatic N) is 2. The van der Waals surface area contributed by atoms with Gasteiger partial charge in [0.1, 0.15) is 5.15 Å². The Bertz CT molecular complexity index is 512. The average Bonchev–Trinajstić information content (AvgIpc) is 2.70. The van der Waals surface area contributed by atoms with E-state index in [1.54, 1.807) is 7.05 Å². The van der Waals surface area contributed by atoms with Gasteiger partial charge in [0.15, 0.2) is 0 Å². The maximum absolute atomic E-state index is 12.2. The lowest BCUT2D eigenvalue weighted by Gasteiger charge is -2.07. The SMILES string of the molecule is CC(C)c1nn(C)c(Cl)c1C(=O)NCCCCCC(=O)O. The molecule has 0 saturated heterocycles. The van der Waals surface area contributed by atoms with E-state index in [1.165, 1.54) is 4.68 Å². The standard InChI is InChI=1S/C14H22ClN3O3/c1-9(2)12-11(13(15)18(3)17-12)14(21)16-8-6-4-5-7-10(19)20/h9H,4-8H2,1-3H3,(H,16,21)(H,19,20). The summed E-state index contributed by atoms with van der Waals surface area (Å²) < 4.78 is 1.50. The van der Waals surface area contributed by atoms with Gasteiger partial charge < -0.3 is 10.4 Å². The summed E-state index contributed by atoms with van der Waals surface area (Å²) in [5.74, 6) is -0.905. The van der Waals surface area contributed by atoms with E-state index in [0.29, 0.717) is 29.4 Å². The minimum absolute atomic E-state index is 0.111. The van der Waals surface area contributed by atoms with Gasteiger partial charge in [-0.05, 0) is 18.8 Å². The number of carboxylic acid groups (broad SMARTS) is 1. The molecule has 1 heterocycles. The second-order valence-electron chi connectivity index (χ2n) is 5.29. The summed E-state index contributed by atoms with van der Waals surface area (Å²) in [6.07, 6.45) is 2.30. The minimum Gasteiger partial charge on any atom is -0.481 e. The molecular weight excluding hydrogens is 294 g/mol. The second kappa shape index (κ2) is 8.02. The average molecular weight is 316 g/mol. The summed E-state index contributed by atoms with van der Waals surface area (Å²) >= 11 is 6.12. The molecule has 0 bridgehead atoms. The molecule has 1 rings (SSSR count). The van der Waals surface area contributed by atoms with Crippen molar-refractivity contribution >= 4 is 23.5 Å². The Hall–Kier alpha value is -1.56. The summed E-state index contributed by atoms with van der Waals surface area (Å²) in [5.41, 5.74) is 1.12. The first-order valence-electron chi connectivity index (χ1n) is 7.07. The number of rotatable bonds is 8. The fourth-order valence-corrected chi connectivity index (χ4v) is 2.23. The van der Waals surface area contributed by atoms with Crippen molar-refractivity contribution in [3.05, 3.63) is 16.4 Å². The van der Waals surface area contributed by atoms with Crippen molar-refractivity contribution in [2.45, 2.75) is 45.4 Å². The summed E-state index contributed by atoms with van der Waals surface area (Å²) in [4.78, 5) is 22.6. The molecule has 118 valence electrons. The number of aliphatic carboxylic acids is 1. The number of aromatic nitrogens is 2. The number of halogens is 1. The largest absolute Gasteiger partial charge is 0.481 e. The Kier molecular flexibility index (Phi) is 6.68. The van der Waals surface area contributed by atoms with Crippen molar-refractivity contribution in [2.75, 3.05) is 6.54 Å². The van der Waals surface area contributed by atoms with Crippen LogP contribution in [0.1, 0.15) is 61.5 Å². The van der Waals surface area contributed by atoms with E-state index in [2.05, 4.69) is 10.4 Å². The molecule has 0 aromatic carbocycles. The van der Waals surface area contributed by atoms with Gasteiger partial charge in [-0.25, -0.2) is 0 Å². The van der Waals surface area contributed by atoms with Crippen LogP contribution < -0.4 is 5.32 Å². The number of hydrogen-bond donors (Lipinski definition) is 2. The zero-order chi connectivity index (χ0) is 16.0. The van der Waals surface area contributed by atoms with Gasteiger partial charge in [-0.1, -0.05) is 31.9 Å². The number of carboxylic acids is 1. The molecule has 0 aliphatic heterocycles. The van der Waals surface area contributed by atoms with Gasteiger partial charge >= 0.3 is 5.97 Å². The Morgan fingerprint density at radius 2 is 2.00 bits per heavy atom. The number of aryl methyl sites for hydroxylation is 1. The van der Waals surface area contributed by atoms with Crippen molar-refractivity contribution in [1.29, 1.82) is 0 Å². The summed E-state index contributed by atoms with van der Waals surface area (Å²) in [6, 6.07) is 0. The molecule has 1 aromatic rings. The van der Waals surface area contributed by atoms with Crippen molar-refractivity contribution in [3.63, 3.8) is 0 Å². The highest BCUT2D eigenvalue weighted by molar-refractivity contribution is 6.33. The highest BCUT2D eigenvalue weighted by Gasteiger charge is 2.22. The normalized spacial score (nSPS) is 10.9. The molecular formula is C14H22ClN3O3. The maximum Gasteiger partial charge on any atom is 0.303 e. The first kappa shape index (κ1) is 17.5. The zero-order valence-electron chi connectivity index (χ0n) is 12.6. The molecule has 0 aliphatic rings. The minimum atomic E-state index is -0.789.